The van der Waals surface area contributed by atoms with E-state index in [1.54, 1.807) is 30.1 Å². The van der Waals surface area contributed by atoms with E-state index in [9.17, 15) is 26.4 Å². The van der Waals surface area contributed by atoms with Crippen molar-refractivity contribution in [2.45, 2.75) is 25.3 Å². The molecule has 2 aromatic heterocycles. The Kier molecular flexibility index (Phi) is 7.66. The number of esters is 1. The third-order valence-electron chi connectivity index (χ3n) is 6.72. The van der Waals surface area contributed by atoms with Crippen molar-refractivity contribution >= 4 is 27.0 Å². The Morgan fingerprint density at radius 2 is 1.90 bits per heavy atom. The highest BCUT2D eigenvalue weighted by Gasteiger charge is 2.38. The van der Waals surface area contributed by atoms with Crippen LogP contribution in [0.25, 0.3) is 11.0 Å². The van der Waals surface area contributed by atoms with E-state index in [4.69, 9.17) is 9.15 Å². The number of furan rings is 1. The third-order valence-corrected chi connectivity index (χ3v) is 8.59. The third kappa shape index (κ3) is 6.18. The summed E-state index contributed by atoms with van der Waals surface area (Å²) in [4.78, 5) is 14.2. The summed E-state index contributed by atoms with van der Waals surface area (Å²) in [5, 5.41) is 8.63. The maximum atomic E-state index is 13.3. The number of likely N-dealkylation sites (N-methyl/N-ethyl adjacent to an activating group) is 1. The molecule has 5 rings (SSSR count). The Labute approximate surface area is 228 Å². The zero-order chi connectivity index (χ0) is 28.5. The predicted molar refractivity (Wildman–Crippen MR) is 138 cm³/mol. The van der Waals surface area contributed by atoms with Crippen molar-refractivity contribution in [1.82, 2.24) is 24.2 Å². The van der Waals surface area contributed by atoms with E-state index < -0.39 is 27.7 Å². The van der Waals surface area contributed by atoms with Crippen LogP contribution >= 0.6 is 0 Å². The van der Waals surface area contributed by atoms with E-state index in [-0.39, 0.29) is 49.4 Å². The maximum absolute atomic E-state index is 13.3. The molecule has 212 valence electrons. The number of benzene rings is 2. The van der Waals surface area contributed by atoms with Crippen LogP contribution in [0.4, 0.5) is 13.2 Å². The summed E-state index contributed by atoms with van der Waals surface area (Å²) in [6.07, 6.45) is -3.06. The fourth-order valence-electron chi connectivity index (χ4n) is 4.58. The molecule has 0 N–H and O–H groups in total. The molecule has 1 unspecified atom stereocenters. The lowest BCUT2D eigenvalue weighted by Gasteiger charge is -2.22. The zero-order valence-electron chi connectivity index (χ0n) is 21.4. The van der Waals surface area contributed by atoms with Gasteiger partial charge in [-0.3, -0.25) is 4.90 Å². The molecule has 0 amide bonds. The highest BCUT2D eigenvalue weighted by molar-refractivity contribution is 7.89. The maximum Gasteiger partial charge on any atom is 0.416 e. The first kappa shape index (κ1) is 27.8. The molecule has 0 bridgehead atoms. The molecule has 1 atom stereocenters. The number of halogens is 3. The minimum atomic E-state index is -4.50. The van der Waals surface area contributed by atoms with Gasteiger partial charge in [-0.2, -0.15) is 17.5 Å². The lowest BCUT2D eigenvalue weighted by molar-refractivity contribution is -0.138. The van der Waals surface area contributed by atoms with Crippen LogP contribution in [0.5, 0.6) is 0 Å². The first-order valence-corrected chi connectivity index (χ1v) is 14.0. The fraction of sp³-hybridized carbons (Fsp3) is 0.346. The number of nitrogens with zero attached hydrogens (tertiary/aromatic N) is 5. The van der Waals surface area contributed by atoms with Crippen LogP contribution in [0.1, 0.15) is 27.4 Å². The summed E-state index contributed by atoms with van der Waals surface area (Å²) in [6, 6.07) is 13.6. The van der Waals surface area contributed by atoms with Gasteiger partial charge in [-0.05, 0) is 30.8 Å². The molecule has 10 nitrogen and oxygen atoms in total. The minimum Gasteiger partial charge on any atom is -0.458 e. The molecule has 1 fully saturated rings. The second-order valence-electron chi connectivity index (χ2n) is 9.55. The molecule has 1 aliphatic heterocycles. The quantitative estimate of drug-likeness (QED) is 0.279. The van der Waals surface area contributed by atoms with Crippen LogP contribution < -0.4 is 0 Å². The average molecular weight is 578 g/mol. The van der Waals surface area contributed by atoms with Crippen LogP contribution in [-0.2, 0) is 34.0 Å². The summed E-state index contributed by atoms with van der Waals surface area (Å²) < 4.78 is 78.8. The van der Waals surface area contributed by atoms with Gasteiger partial charge in [-0.15, -0.1) is 5.10 Å². The highest BCUT2D eigenvalue weighted by atomic mass is 32.2. The Morgan fingerprint density at radius 1 is 1.15 bits per heavy atom. The Hall–Kier alpha value is -3.75. The minimum absolute atomic E-state index is 0.0305. The van der Waals surface area contributed by atoms with Gasteiger partial charge in [0, 0.05) is 24.5 Å². The second-order valence-corrected chi connectivity index (χ2v) is 11.6. The van der Waals surface area contributed by atoms with Crippen LogP contribution in [0.15, 0.2) is 65.2 Å². The molecule has 40 heavy (non-hydrogen) atoms. The first-order chi connectivity index (χ1) is 19.0. The number of fused-ring (bicyclic) bond motifs is 1. The van der Waals surface area contributed by atoms with Gasteiger partial charge in [0.1, 0.15) is 12.2 Å². The number of hydrogen-bond donors (Lipinski definition) is 0. The lowest BCUT2D eigenvalue weighted by Crippen LogP contribution is -2.38. The molecular weight excluding hydrogens is 551 g/mol. The molecule has 1 saturated heterocycles. The van der Waals surface area contributed by atoms with Gasteiger partial charge in [-0.25, -0.2) is 17.9 Å². The average Bonchev–Trinajstić information content (AvgIpc) is 3.61. The number of ether oxygens (including phenoxy) is 1. The molecule has 2 aromatic carbocycles. The van der Waals surface area contributed by atoms with Crippen molar-refractivity contribution in [3.05, 3.63) is 83.4 Å². The fourth-order valence-corrected chi connectivity index (χ4v) is 6.36. The summed E-state index contributed by atoms with van der Waals surface area (Å²) >= 11 is 0. The summed E-state index contributed by atoms with van der Waals surface area (Å²) in [5.41, 5.74) is 0.163. The Balaban J connectivity index is 1.14. The van der Waals surface area contributed by atoms with Gasteiger partial charge in [0.25, 0.3) is 0 Å². The highest BCUT2D eigenvalue weighted by Crippen LogP contribution is 2.32. The Morgan fingerprint density at radius 3 is 2.67 bits per heavy atom. The smallest absolute Gasteiger partial charge is 0.416 e. The van der Waals surface area contributed by atoms with Crippen LogP contribution in [0, 0.1) is 0 Å². The standard InChI is InChI=1S/C26H26F3N5O5S/c1-32(10-11-38-25(35)24-12-18-6-3-5-9-23(18)39-24)21-16-34(40(36,37)17-21)15-20-14-33(31-30-20)13-19-7-2-4-8-22(19)26(27,28)29/h2-9,12,14,21H,10-11,13,15-17H2,1H3. The number of carbonyl (C=O) groups excluding carboxylic acids is 1. The summed E-state index contributed by atoms with van der Waals surface area (Å²) in [6.45, 7) is 0.299. The molecule has 0 spiro atoms. The number of sulfonamides is 1. The van der Waals surface area contributed by atoms with Crippen molar-refractivity contribution in [2.75, 3.05) is 32.5 Å². The van der Waals surface area contributed by atoms with Crippen LogP contribution in [0.3, 0.4) is 0 Å². The van der Waals surface area contributed by atoms with E-state index in [0.717, 1.165) is 11.5 Å². The van der Waals surface area contributed by atoms with Gasteiger partial charge in [-0.1, -0.05) is 41.6 Å². The summed E-state index contributed by atoms with van der Waals surface area (Å²) in [7, 11) is -1.87. The lowest BCUT2D eigenvalue weighted by atomic mass is 10.1. The van der Waals surface area contributed by atoms with E-state index >= 15 is 0 Å². The number of aromatic nitrogens is 3. The molecule has 3 heterocycles. The topological polar surface area (TPSA) is 111 Å². The van der Waals surface area contributed by atoms with Gasteiger partial charge in [0.15, 0.2) is 0 Å². The molecule has 0 saturated carbocycles. The number of rotatable bonds is 9. The van der Waals surface area contributed by atoms with Gasteiger partial charge >= 0.3 is 12.1 Å². The molecule has 1 aliphatic rings. The number of carbonyl (C=O) groups is 1. The van der Waals surface area contributed by atoms with E-state index in [0.29, 0.717) is 17.8 Å². The normalized spacial score (nSPS) is 17.6. The molecular formula is C26H26F3N5O5S. The van der Waals surface area contributed by atoms with Gasteiger partial charge in [0.2, 0.25) is 15.8 Å². The van der Waals surface area contributed by atoms with E-state index in [1.165, 1.54) is 33.4 Å². The Bertz CT molecular complexity index is 1580. The zero-order valence-corrected chi connectivity index (χ0v) is 22.2. The molecule has 0 aliphatic carbocycles. The van der Waals surface area contributed by atoms with E-state index in [2.05, 4.69) is 10.3 Å². The molecule has 4 aromatic rings. The molecule has 0 radical (unpaired) electrons. The van der Waals surface area contributed by atoms with Crippen molar-refractivity contribution in [2.24, 2.45) is 0 Å². The number of alkyl halides is 3. The van der Waals surface area contributed by atoms with Crippen molar-refractivity contribution in [3.63, 3.8) is 0 Å². The summed E-state index contributed by atoms with van der Waals surface area (Å²) in [5.74, 6) is -0.645. The van der Waals surface area contributed by atoms with Crippen molar-refractivity contribution in [1.29, 1.82) is 0 Å². The number of hydrogen-bond acceptors (Lipinski definition) is 8. The van der Waals surface area contributed by atoms with Crippen molar-refractivity contribution < 1.29 is 35.5 Å². The monoisotopic (exact) mass is 577 g/mol. The van der Waals surface area contributed by atoms with Crippen molar-refractivity contribution in [3.8, 4) is 0 Å². The number of para-hydroxylation sites is 1. The van der Waals surface area contributed by atoms with Gasteiger partial charge in [0.05, 0.1) is 36.3 Å². The molecule has 14 heteroatoms. The first-order valence-electron chi connectivity index (χ1n) is 12.4. The van der Waals surface area contributed by atoms with Gasteiger partial charge < -0.3 is 9.15 Å². The van der Waals surface area contributed by atoms with E-state index in [1.807, 2.05) is 12.1 Å². The predicted octanol–water partition coefficient (Wildman–Crippen LogP) is 3.39. The SMILES string of the molecule is CN(CCOC(=O)c1cc2ccccc2o1)C1CN(Cc2cn(Cc3ccccc3C(F)(F)F)nn2)S(=O)(=O)C1. The van der Waals surface area contributed by atoms with Crippen LogP contribution in [-0.4, -0.2) is 77.1 Å². The largest absolute Gasteiger partial charge is 0.458 e. The van der Waals surface area contributed by atoms with Crippen LogP contribution in [0.2, 0.25) is 0 Å². The second kappa shape index (κ2) is 11.0.